The van der Waals surface area contributed by atoms with Gasteiger partial charge in [0.1, 0.15) is 11.6 Å². The van der Waals surface area contributed by atoms with Gasteiger partial charge in [0.25, 0.3) is 0 Å². The number of rotatable bonds is 6. The maximum atomic E-state index is 13.6. The first-order valence-corrected chi connectivity index (χ1v) is 9.55. The number of hydrogen-bond acceptors (Lipinski definition) is 3. The highest BCUT2D eigenvalue weighted by molar-refractivity contribution is 5.93. The van der Waals surface area contributed by atoms with Gasteiger partial charge in [-0.15, -0.1) is 0 Å². The van der Waals surface area contributed by atoms with E-state index in [1.807, 2.05) is 39.1 Å². The smallest absolute Gasteiger partial charge is 0.228 e. The molecule has 148 valence electrons. The van der Waals surface area contributed by atoms with Gasteiger partial charge in [-0.25, -0.2) is 9.37 Å². The van der Waals surface area contributed by atoms with Crippen molar-refractivity contribution in [3.63, 3.8) is 0 Å². The molecule has 1 unspecified atom stereocenters. The molecule has 1 aromatic heterocycles. The summed E-state index contributed by atoms with van der Waals surface area (Å²) >= 11 is 0. The number of hydrogen-bond donors (Lipinski definition) is 2. The molecular formula is C22H27FN4O. The fraction of sp³-hybridized carbons (Fsp3) is 0.364. The summed E-state index contributed by atoms with van der Waals surface area (Å²) in [5, 5.41) is 6.00. The Morgan fingerprint density at radius 2 is 1.93 bits per heavy atom. The summed E-state index contributed by atoms with van der Waals surface area (Å²) in [5.41, 5.74) is 4.22. The first-order valence-electron chi connectivity index (χ1n) is 9.55. The molecule has 2 aromatic carbocycles. The van der Waals surface area contributed by atoms with Gasteiger partial charge in [-0.2, -0.15) is 0 Å². The minimum absolute atomic E-state index is 0.0184. The minimum Gasteiger partial charge on any atom is -0.326 e. The number of nitrogens with one attached hydrogen (secondary N) is 2. The average Bonchev–Trinajstić information content (AvgIpc) is 3.02. The maximum absolute atomic E-state index is 13.6. The second kappa shape index (κ2) is 8.10. The molecule has 5 nitrogen and oxygen atoms in total. The number of halogens is 1. The van der Waals surface area contributed by atoms with Crippen molar-refractivity contribution >= 4 is 22.6 Å². The van der Waals surface area contributed by atoms with E-state index in [1.54, 1.807) is 6.07 Å². The van der Waals surface area contributed by atoms with Crippen LogP contribution in [0.5, 0.6) is 0 Å². The fourth-order valence-electron chi connectivity index (χ4n) is 3.40. The molecule has 0 bridgehead atoms. The lowest BCUT2D eigenvalue weighted by Gasteiger charge is -2.16. The van der Waals surface area contributed by atoms with Crippen LogP contribution < -0.4 is 10.6 Å². The number of nitrogens with zero attached hydrogens (tertiary/aromatic N) is 2. The van der Waals surface area contributed by atoms with Crippen LogP contribution in [0.2, 0.25) is 0 Å². The summed E-state index contributed by atoms with van der Waals surface area (Å²) in [5.74, 6) is 0.358. The lowest BCUT2D eigenvalue weighted by molar-refractivity contribution is -0.119. The monoisotopic (exact) mass is 382 g/mol. The van der Waals surface area contributed by atoms with Crippen LogP contribution in [0.15, 0.2) is 36.4 Å². The molecule has 0 saturated heterocycles. The predicted molar refractivity (Wildman–Crippen MR) is 112 cm³/mol. The lowest BCUT2D eigenvalue weighted by atomic mass is 10.1. The second-order valence-electron chi connectivity index (χ2n) is 7.51. The number of fused-ring (bicyclic) bond motifs is 1. The minimum atomic E-state index is -0.294. The number of aromatic nitrogens is 2. The molecule has 0 aliphatic rings. The van der Waals surface area contributed by atoms with Crippen LogP contribution in [0.4, 0.5) is 10.1 Å². The normalized spacial score (nSPS) is 12.5. The Balaban J connectivity index is 1.98. The molecule has 6 heteroatoms. The number of carbonyl (C=O) groups is 1. The summed E-state index contributed by atoms with van der Waals surface area (Å²) in [6.45, 7) is 8.64. The molecule has 0 saturated carbocycles. The Morgan fingerprint density at radius 1 is 1.18 bits per heavy atom. The molecule has 0 fully saturated rings. The summed E-state index contributed by atoms with van der Waals surface area (Å²) in [6.07, 6.45) is 0. The van der Waals surface area contributed by atoms with Crippen molar-refractivity contribution in [2.24, 2.45) is 5.92 Å². The van der Waals surface area contributed by atoms with Crippen LogP contribution in [0, 0.1) is 18.7 Å². The zero-order valence-electron chi connectivity index (χ0n) is 17.0. The van der Waals surface area contributed by atoms with Gasteiger partial charge in [-0.3, -0.25) is 4.79 Å². The van der Waals surface area contributed by atoms with E-state index in [0.717, 1.165) is 28.2 Å². The van der Waals surface area contributed by atoms with E-state index in [-0.39, 0.29) is 23.7 Å². The number of carbonyl (C=O) groups excluding carboxylic acids is 1. The van der Waals surface area contributed by atoms with E-state index in [0.29, 0.717) is 12.1 Å². The van der Waals surface area contributed by atoms with E-state index >= 15 is 0 Å². The third kappa shape index (κ3) is 3.92. The molecule has 0 radical (unpaired) electrons. The van der Waals surface area contributed by atoms with Crippen LogP contribution in [-0.2, 0) is 4.79 Å². The van der Waals surface area contributed by atoms with Gasteiger partial charge < -0.3 is 15.2 Å². The Bertz CT molecular complexity index is 1010. The number of imidazole rings is 1. The van der Waals surface area contributed by atoms with Gasteiger partial charge in [0.2, 0.25) is 5.91 Å². The van der Waals surface area contributed by atoms with Crippen molar-refractivity contribution in [3.8, 4) is 11.4 Å². The SMILES string of the molecule is CNCC(C)C(=O)Nc1ccc(-c2nc3cc(F)ccc3n2C(C)C)cc1C. The largest absolute Gasteiger partial charge is 0.326 e. The molecule has 0 spiro atoms. The van der Waals surface area contributed by atoms with Crippen molar-refractivity contribution in [1.29, 1.82) is 0 Å². The second-order valence-corrected chi connectivity index (χ2v) is 7.51. The lowest BCUT2D eigenvalue weighted by Crippen LogP contribution is -2.28. The van der Waals surface area contributed by atoms with E-state index < -0.39 is 0 Å². The summed E-state index contributed by atoms with van der Waals surface area (Å²) in [6, 6.07) is 10.7. The summed E-state index contributed by atoms with van der Waals surface area (Å²) in [4.78, 5) is 17.0. The van der Waals surface area contributed by atoms with Crippen molar-refractivity contribution in [2.45, 2.75) is 33.7 Å². The molecular weight excluding hydrogens is 355 g/mol. The zero-order chi connectivity index (χ0) is 20.4. The summed E-state index contributed by atoms with van der Waals surface area (Å²) < 4.78 is 15.8. The van der Waals surface area contributed by atoms with E-state index in [1.165, 1.54) is 12.1 Å². The van der Waals surface area contributed by atoms with Gasteiger partial charge in [0.15, 0.2) is 0 Å². The topological polar surface area (TPSA) is 59.0 Å². The standard InChI is InChI=1S/C22H27FN4O/c1-13(2)27-20-9-7-17(23)11-19(20)25-21(27)16-6-8-18(14(3)10-16)26-22(28)15(4)12-24-5/h6-11,13,15,24H,12H2,1-5H3,(H,26,28). The van der Waals surface area contributed by atoms with Gasteiger partial charge in [-0.05, 0) is 63.7 Å². The Morgan fingerprint density at radius 3 is 2.57 bits per heavy atom. The third-order valence-corrected chi connectivity index (χ3v) is 4.87. The van der Waals surface area contributed by atoms with Crippen LogP contribution in [0.1, 0.15) is 32.4 Å². The molecule has 1 amide bonds. The first kappa shape index (κ1) is 20.0. The van der Waals surface area contributed by atoms with Gasteiger partial charge >= 0.3 is 0 Å². The van der Waals surface area contributed by atoms with Crippen LogP contribution in [0.3, 0.4) is 0 Å². The van der Waals surface area contributed by atoms with Gasteiger partial charge in [-0.1, -0.05) is 6.92 Å². The van der Waals surface area contributed by atoms with Gasteiger partial charge in [0, 0.05) is 35.8 Å². The predicted octanol–water partition coefficient (Wildman–Crippen LogP) is 4.53. The number of benzene rings is 2. The Hall–Kier alpha value is -2.73. The molecule has 0 aliphatic heterocycles. The first-order chi connectivity index (χ1) is 13.3. The van der Waals surface area contributed by atoms with Crippen molar-refractivity contribution < 1.29 is 9.18 Å². The maximum Gasteiger partial charge on any atom is 0.228 e. The molecule has 28 heavy (non-hydrogen) atoms. The third-order valence-electron chi connectivity index (χ3n) is 4.87. The van der Waals surface area contributed by atoms with Gasteiger partial charge in [0.05, 0.1) is 11.0 Å². The summed E-state index contributed by atoms with van der Waals surface area (Å²) in [7, 11) is 1.83. The number of amides is 1. The van der Waals surface area contributed by atoms with Crippen LogP contribution in [0.25, 0.3) is 22.4 Å². The van der Waals surface area contributed by atoms with Crippen molar-refractivity contribution in [3.05, 3.63) is 47.8 Å². The highest BCUT2D eigenvalue weighted by atomic mass is 19.1. The molecule has 3 rings (SSSR count). The van der Waals surface area contributed by atoms with Crippen molar-refractivity contribution in [1.82, 2.24) is 14.9 Å². The number of anilines is 1. The molecule has 2 N–H and O–H groups in total. The number of aryl methyl sites for hydroxylation is 1. The van der Waals surface area contributed by atoms with Crippen LogP contribution in [-0.4, -0.2) is 29.1 Å². The Kier molecular flexibility index (Phi) is 5.79. The van der Waals surface area contributed by atoms with Crippen molar-refractivity contribution in [2.75, 3.05) is 18.9 Å². The highest BCUT2D eigenvalue weighted by Gasteiger charge is 2.17. The zero-order valence-corrected chi connectivity index (χ0v) is 17.0. The fourth-order valence-corrected chi connectivity index (χ4v) is 3.40. The molecule has 3 aromatic rings. The molecule has 1 atom stereocenters. The Labute approximate surface area is 165 Å². The van der Waals surface area contributed by atoms with Crippen LogP contribution >= 0.6 is 0 Å². The van der Waals surface area contributed by atoms with E-state index in [2.05, 4.69) is 34.0 Å². The average molecular weight is 382 g/mol. The molecule has 0 aliphatic carbocycles. The van der Waals surface area contributed by atoms with E-state index in [4.69, 9.17) is 0 Å². The van der Waals surface area contributed by atoms with E-state index in [9.17, 15) is 9.18 Å². The quantitative estimate of drug-likeness (QED) is 0.659. The molecule has 1 heterocycles. The highest BCUT2D eigenvalue weighted by Crippen LogP contribution is 2.31.